The standard InChI is InChI=1S/C19H30N2/c1-2-8-18-15-20-19(12-6-7-13-19)16-21(18)14-11-17-9-4-3-5-10-17/h3-5,9-10,18,20H,2,6-8,11-16H2,1H3. The maximum Gasteiger partial charge on any atom is 0.0309 e. The van der Waals surface area contributed by atoms with E-state index in [0.717, 1.165) is 6.04 Å². The van der Waals surface area contributed by atoms with Gasteiger partial charge in [0, 0.05) is 31.2 Å². The number of rotatable bonds is 5. The van der Waals surface area contributed by atoms with Gasteiger partial charge in [0.05, 0.1) is 0 Å². The van der Waals surface area contributed by atoms with Crippen LogP contribution in [-0.4, -0.2) is 36.1 Å². The molecule has 0 bridgehead atoms. The van der Waals surface area contributed by atoms with Gasteiger partial charge in [-0.1, -0.05) is 56.5 Å². The molecule has 3 rings (SSSR count). The van der Waals surface area contributed by atoms with Gasteiger partial charge < -0.3 is 5.32 Å². The third-order valence-corrected chi connectivity index (χ3v) is 5.45. The van der Waals surface area contributed by atoms with Crippen molar-refractivity contribution >= 4 is 0 Å². The molecule has 0 radical (unpaired) electrons. The summed E-state index contributed by atoms with van der Waals surface area (Å²) in [6.07, 6.45) is 9.41. The molecule has 1 atom stereocenters. The number of piperazine rings is 1. The Labute approximate surface area is 129 Å². The van der Waals surface area contributed by atoms with Gasteiger partial charge in [0.25, 0.3) is 0 Å². The average Bonchev–Trinajstić information content (AvgIpc) is 2.97. The van der Waals surface area contributed by atoms with Crippen molar-refractivity contribution in [3.63, 3.8) is 0 Å². The van der Waals surface area contributed by atoms with Crippen molar-refractivity contribution in [1.29, 1.82) is 0 Å². The van der Waals surface area contributed by atoms with E-state index < -0.39 is 0 Å². The van der Waals surface area contributed by atoms with Crippen LogP contribution in [0.1, 0.15) is 51.0 Å². The largest absolute Gasteiger partial charge is 0.308 e. The Morgan fingerprint density at radius 1 is 1.19 bits per heavy atom. The molecule has 1 N–H and O–H groups in total. The van der Waals surface area contributed by atoms with Gasteiger partial charge in [-0.3, -0.25) is 4.90 Å². The number of hydrogen-bond donors (Lipinski definition) is 1. The molecule has 1 spiro atoms. The van der Waals surface area contributed by atoms with Gasteiger partial charge in [0.1, 0.15) is 0 Å². The van der Waals surface area contributed by atoms with Crippen molar-refractivity contribution in [3.8, 4) is 0 Å². The fourth-order valence-corrected chi connectivity index (χ4v) is 4.22. The maximum absolute atomic E-state index is 3.92. The third-order valence-electron chi connectivity index (χ3n) is 5.45. The highest BCUT2D eigenvalue weighted by atomic mass is 15.3. The first-order valence-electron chi connectivity index (χ1n) is 8.84. The number of nitrogens with one attached hydrogen (secondary N) is 1. The Kier molecular flexibility index (Phi) is 4.97. The van der Waals surface area contributed by atoms with Gasteiger partial charge >= 0.3 is 0 Å². The number of nitrogens with zero attached hydrogens (tertiary/aromatic N) is 1. The molecule has 0 aromatic heterocycles. The lowest BCUT2D eigenvalue weighted by Crippen LogP contribution is -2.63. The van der Waals surface area contributed by atoms with Crippen LogP contribution in [0.4, 0.5) is 0 Å². The van der Waals surface area contributed by atoms with Gasteiger partial charge in [0.15, 0.2) is 0 Å². The molecular weight excluding hydrogens is 256 g/mol. The highest BCUT2D eigenvalue weighted by Crippen LogP contribution is 2.33. The van der Waals surface area contributed by atoms with E-state index in [0.29, 0.717) is 5.54 Å². The van der Waals surface area contributed by atoms with Crippen molar-refractivity contribution in [3.05, 3.63) is 35.9 Å². The van der Waals surface area contributed by atoms with E-state index in [2.05, 4.69) is 47.5 Å². The highest BCUT2D eigenvalue weighted by Gasteiger charge is 2.40. The van der Waals surface area contributed by atoms with Crippen LogP contribution in [-0.2, 0) is 6.42 Å². The summed E-state index contributed by atoms with van der Waals surface area (Å²) >= 11 is 0. The van der Waals surface area contributed by atoms with Crippen LogP contribution < -0.4 is 5.32 Å². The quantitative estimate of drug-likeness (QED) is 0.889. The topological polar surface area (TPSA) is 15.3 Å². The fraction of sp³-hybridized carbons (Fsp3) is 0.684. The molecule has 2 heteroatoms. The van der Waals surface area contributed by atoms with E-state index in [1.54, 1.807) is 0 Å². The van der Waals surface area contributed by atoms with E-state index in [-0.39, 0.29) is 0 Å². The van der Waals surface area contributed by atoms with E-state index in [9.17, 15) is 0 Å². The first kappa shape index (κ1) is 15.1. The molecule has 0 amide bonds. The van der Waals surface area contributed by atoms with Crippen molar-refractivity contribution in [2.45, 2.75) is 63.5 Å². The smallest absolute Gasteiger partial charge is 0.0309 e. The predicted octanol–water partition coefficient (Wildman–Crippen LogP) is 3.62. The second-order valence-corrected chi connectivity index (χ2v) is 7.02. The van der Waals surface area contributed by atoms with E-state index in [1.165, 1.54) is 70.1 Å². The van der Waals surface area contributed by atoms with Crippen LogP contribution in [0.2, 0.25) is 0 Å². The van der Waals surface area contributed by atoms with Crippen molar-refractivity contribution < 1.29 is 0 Å². The van der Waals surface area contributed by atoms with Crippen molar-refractivity contribution in [1.82, 2.24) is 10.2 Å². The molecule has 2 fully saturated rings. The van der Waals surface area contributed by atoms with E-state index in [4.69, 9.17) is 0 Å². The van der Waals surface area contributed by atoms with Crippen LogP contribution in [0.15, 0.2) is 30.3 Å². The Balaban J connectivity index is 1.62. The van der Waals surface area contributed by atoms with Crippen LogP contribution in [0, 0.1) is 0 Å². The minimum atomic E-state index is 0.445. The SMILES string of the molecule is CCCC1CNC2(CCCC2)CN1CCc1ccccc1. The molecule has 2 nitrogen and oxygen atoms in total. The first-order chi connectivity index (χ1) is 10.3. The number of benzene rings is 1. The molecule has 1 unspecified atom stereocenters. The lowest BCUT2D eigenvalue weighted by atomic mass is 9.91. The molecule has 1 aromatic rings. The molecule has 1 aromatic carbocycles. The molecule has 116 valence electrons. The van der Waals surface area contributed by atoms with Crippen molar-refractivity contribution in [2.75, 3.05) is 19.6 Å². The Hall–Kier alpha value is -0.860. The zero-order chi connectivity index (χ0) is 14.5. The Bertz CT molecular complexity index is 422. The van der Waals surface area contributed by atoms with Crippen LogP contribution in [0.3, 0.4) is 0 Å². The normalized spacial score (nSPS) is 25.5. The summed E-state index contributed by atoms with van der Waals surface area (Å²) in [5.41, 5.74) is 1.92. The molecule has 1 aliphatic carbocycles. The lowest BCUT2D eigenvalue weighted by molar-refractivity contribution is 0.0765. The number of hydrogen-bond acceptors (Lipinski definition) is 2. The van der Waals surface area contributed by atoms with Gasteiger partial charge in [-0.2, -0.15) is 0 Å². The van der Waals surface area contributed by atoms with E-state index >= 15 is 0 Å². The second-order valence-electron chi connectivity index (χ2n) is 7.02. The van der Waals surface area contributed by atoms with E-state index in [1.807, 2.05) is 0 Å². The lowest BCUT2D eigenvalue weighted by Gasteiger charge is -2.46. The fourth-order valence-electron chi connectivity index (χ4n) is 4.22. The van der Waals surface area contributed by atoms with Gasteiger partial charge in [-0.15, -0.1) is 0 Å². The zero-order valence-electron chi connectivity index (χ0n) is 13.5. The summed E-state index contributed by atoms with van der Waals surface area (Å²) in [6.45, 7) is 6.00. The van der Waals surface area contributed by atoms with Crippen LogP contribution in [0.5, 0.6) is 0 Å². The van der Waals surface area contributed by atoms with Crippen LogP contribution >= 0.6 is 0 Å². The molecule has 2 aliphatic rings. The Morgan fingerprint density at radius 2 is 1.95 bits per heavy atom. The van der Waals surface area contributed by atoms with Crippen molar-refractivity contribution in [2.24, 2.45) is 0 Å². The monoisotopic (exact) mass is 286 g/mol. The summed E-state index contributed by atoms with van der Waals surface area (Å²) < 4.78 is 0. The maximum atomic E-state index is 3.92. The zero-order valence-corrected chi connectivity index (χ0v) is 13.5. The molecule has 21 heavy (non-hydrogen) atoms. The van der Waals surface area contributed by atoms with Gasteiger partial charge in [-0.25, -0.2) is 0 Å². The molecular formula is C19H30N2. The molecule has 1 saturated heterocycles. The molecule has 1 saturated carbocycles. The molecule has 1 aliphatic heterocycles. The minimum Gasteiger partial charge on any atom is -0.308 e. The summed E-state index contributed by atoms with van der Waals surface area (Å²) in [5.74, 6) is 0. The highest BCUT2D eigenvalue weighted by molar-refractivity contribution is 5.15. The second kappa shape index (κ2) is 6.93. The van der Waals surface area contributed by atoms with Gasteiger partial charge in [-0.05, 0) is 31.2 Å². The summed E-state index contributed by atoms with van der Waals surface area (Å²) in [4.78, 5) is 2.79. The predicted molar refractivity (Wildman–Crippen MR) is 89.6 cm³/mol. The minimum absolute atomic E-state index is 0.445. The average molecular weight is 286 g/mol. The summed E-state index contributed by atoms with van der Waals surface area (Å²) in [7, 11) is 0. The molecule has 1 heterocycles. The third kappa shape index (κ3) is 3.67. The summed E-state index contributed by atoms with van der Waals surface area (Å²) in [6, 6.07) is 11.7. The Morgan fingerprint density at radius 3 is 2.67 bits per heavy atom. The first-order valence-corrected chi connectivity index (χ1v) is 8.84. The van der Waals surface area contributed by atoms with Gasteiger partial charge in [0.2, 0.25) is 0 Å². The summed E-state index contributed by atoms with van der Waals surface area (Å²) in [5, 5.41) is 3.92. The van der Waals surface area contributed by atoms with Crippen LogP contribution in [0.25, 0.3) is 0 Å².